The van der Waals surface area contributed by atoms with Gasteiger partial charge in [0.25, 0.3) is 0 Å². The van der Waals surface area contributed by atoms with Crippen LogP contribution in [0.15, 0.2) is 0 Å². The molecular formula is C12H23Cl. The van der Waals surface area contributed by atoms with Crippen LogP contribution in [0.5, 0.6) is 0 Å². The Hall–Kier alpha value is 0.290. The van der Waals surface area contributed by atoms with Crippen molar-refractivity contribution >= 4 is 11.6 Å². The number of hydrogen-bond acceptors (Lipinski definition) is 0. The Bertz CT molecular complexity index is 151. The Morgan fingerprint density at radius 2 is 2.08 bits per heavy atom. The van der Waals surface area contributed by atoms with Crippen molar-refractivity contribution < 1.29 is 0 Å². The molecule has 2 unspecified atom stereocenters. The van der Waals surface area contributed by atoms with E-state index in [2.05, 4.69) is 20.8 Å². The molecule has 2 atom stereocenters. The summed E-state index contributed by atoms with van der Waals surface area (Å²) in [5.74, 6) is 2.64. The fraction of sp³-hybridized carbons (Fsp3) is 1.00. The molecule has 0 aromatic heterocycles. The molecule has 0 N–H and O–H groups in total. The highest BCUT2D eigenvalue weighted by molar-refractivity contribution is 6.18. The summed E-state index contributed by atoms with van der Waals surface area (Å²) in [6, 6.07) is 0. The molecule has 0 spiro atoms. The van der Waals surface area contributed by atoms with Crippen molar-refractivity contribution in [2.24, 2.45) is 17.3 Å². The zero-order valence-corrected chi connectivity index (χ0v) is 10.0. The van der Waals surface area contributed by atoms with Gasteiger partial charge < -0.3 is 0 Å². The second-order valence-corrected chi connectivity index (χ2v) is 5.43. The first-order chi connectivity index (χ1) is 6.12. The van der Waals surface area contributed by atoms with Crippen molar-refractivity contribution in [1.29, 1.82) is 0 Å². The van der Waals surface area contributed by atoms with Crippen molar-refractivity contribution in [1.82, 2.24) is 0 Å². The minimum Gasteiger partial charge on any atom is -0.126 e. The van der Waals surface area contributed by atoms with Crippen LogP contribution in [-0.4, -0.2) is 5.88 Å². The van der Waals surface area contributed by atoms with E-state index >= 15 is 0 Å². The number of hydrogen-bond donors (Lipinski definition) is 0. The summed E-state index contributed by atoms with van der Waals surface area (Å²) in [7, 11) is 0. The molecule has 1 aliphatic carbocycles. The molecule has 1 heteroatoms. The van der Waals surface area contributed by atoms with E-state index in [1.807, 2.05) is 0 Å². The molecule has 13 heavy (non-hydrogen) atoms. The van der Waals surface area contributed by atoms with Crippen LogP contribution in [-0.2, 0) is 0 Å². The van der Waals surface area contributed by atoms with Crippen molar-refractivity contribution in [3.63, 3.8) is 0 Å². The second kappa shape index (κ2) is 4.68. The van der Waals surface area contributed by atoms with Gasteiger partial charge in [-0.2, -0.15) is 0 Å². The van der Waals surface area contributed by atoms with Crippen LogP contribution in [0.4, 0.5) is 0 Å². The Kier molecular flexibility index (Phi) is 4.09. The number of alkyl halides is 1. The highest BCUT2D eigenvalue weighted by atomic mass is 35.5. The first kappa shape index (κ1) is 11.4. The lowest BCUT2D eigenvalue weighted by molar-refractivity contribution is 0.234. The molecule has 1 fully saturated rings. The van der Waals surface area contributed by atoms with E-state index < -0.39 is 0 Å². The second-order valence-electron chi connectivity index (χ2n) is 5.16. The summed E-state index contributed by atoms with van der Waals surface area (Å²) in [6.07, 6.45) is 6.84. The van der Waals surface area contributed by atoms with Crippen LogP contribution in [0.25, 0.3) is 0 Å². The van der Waals surface area contributed by atoms with Gasteiger partial charge >= 0.3 is 0 Å². The van der Waals surface area contributed by atoms with E-state index in [1.54, 1.807) is 0 Å². The molecule has 1 saturated carbocycles. The van der Waals surface area contributed by atoms with E-state index in [-0.39, 0.29) is 0 Å². The SMILES string of the molecule is CCCC(C)CC(C)(CCl)C1CC1. The Morgan fingerprint density at radius 1 is 1.46 bits per heavy atom. The highest BCUT2D eigenvalue weighted by Gasteiger charge is 2.41. The largest absolute Gasteiger partial charge is 0.126 e. The van der Waals surface area contributed by atoms with Crippen LogP contribution in [0.2, 0.25) is 0 Å². The topological polar surface area (TPSA) is 0 Å². The molecule has 1 aliphatic rings. The molecule has 0 nitrogen and oxygen atoms in total. The third-order valence-corrected chi connectivity index (χ3v) is 4.08. The van der Waals surface area contributed by atoms with Gasteiger partial charge in [-0.3, -0.25) is 0 Å². The normalized spacial score (nSPS) is 24.0. The molecule has 0 heterocycles. The van der Waals surface area contributed by atoms with Gasteiger partial charge in [-0.25, -0.2) is 0 Å². The molecule has 0 saturated heterocycles. The van der Waals surface area contributed by atoms with E-state index in [4.69, 9.17) is 11.6 Å². The van der Waals surface area contributed by atoms with Gasteiger partial charge in [0.1, 0.15) is 0 Å². The molecule has 0 amide bonds. The van der Waals surface area contributed by atoms with Gasteiger partial charge in [0, 0.05) is 5.88 Å². The maximum absolute atomic E-state index is 6.09. The first-order valence-corrected chi connectivity index (χ1v) is 6.22. The van der Waals surface area contributed by atoms with Crippen LogP contribution in [0.3, 0.4) is 0 Å². The lowest BCUT2D eigenvalue weighted by Gasteiger charge is -2.30. The summed E-state index contributed by atoms with van der Waals surface area (Å²) in [5.41, 5.74) is 0.441. The van der Waals surface area contributed by atoms with Crippen LogP contribution >= 0.6 is 11.6 Å². The van der Waals surface area contributed by atoms with Crippen LogP contribution < -0.4 is 0 Å². The van der Waals surface area contributed by atoms with Gasteiger partial charge in [-0.05, 0) is 36.5 Å². The summed E-state index contributed by atoms with van der Waals surface area (Å²) in [5, 5.41) is 0. The maximum Gasteiger partial charge on any atom is 0.0280 e. The molecule has 0 bridgehead atoms. The zero-order valence-electron chi connectivity index (χ0n) is 9.28. The summed E-state index contributed by atoms with van der Waals surface area (Å²) < 4.78 is 0. The number of rotatable bonds is 6. The van der Waals surface area contributed by atoms with Gasteiger partial charge in [0.2, 0.25) is 0 Å². The minimum atomic E-state index is 0.441. The molecule has 78 valence electrons. The molecule has 0 aromatic rings. The predicted octanol–water partition coefficient (Wildman–Crippen LogP) is 4.47. The average molecular weight is 203 g/mol. The van der Waals surface area contributed by atoms with E-state index in [9.17, 15) is 0 Å². The van der Waals surface area contributed by atoms with Crippen molar-refractivity contribution in [2.75, 3.05) is 5.88 Å². The van der Waals surface area contributed by atoms with Gasteiger partial charge in [0.05, 0.1) is 0 Å². The van der Waals surface area contributed by atoms with E-state index in [0.29, 0.717) is 5.41 Å². The zero-order chi connectivity index (χ0) is 9.90. The fourth-order valence-electron chi connectivity index (χ4n) is 2.50. The smallest absolute Gasteiger partial charge is 0.0280 e. The quantitative estimate of drug-likeness (QED) is 0.558. The predicted molar refractivity (Wildman–Crippen MR) is 60.2 cm³/mol. The summed E-state index contributed by atoms with van der Waals surface area (Å²) >= 11 is 6.09. The lowest BCUT2D eigenvalue weighted by Crippen LogP contribution is -2.24. The first-order valence-electron chi connectivity index (χ1n) is 5.68. The fourth-order valence-corrected chi connectivity index (χ4v) is 2.83. The Morgan fingerprint density at radius 3 is 2.46 bits per heavy atom. The average Bonchev–Trinajstić information content (AvgIpc) is 2.86. The van der Waals surface area contributed by atoms with Crippen molar-refractivity contribution in [2.45, 2.75) is 52.9 Å². The molecule has 0 radical (unpaired) electrons. The summed E-state index contributed by atoms with van der Waals surface area (Å²) in [4.78, 5) is 0. The highest BCUT2D eigenvalue weighted by Crippen LogP contribution is 2.49. The van der Waals surface area contributed by atoms with Gasteiger partial charge in [0.15, 0.2) is 0 Å². The third-order valence-electron chi connectivity index (χ3n) is 3.46. The molecular weight excluding hydrogens is 180 g/mol. The standard InChI is InChI=1S/C12H23Cl/c1-4-5-10(2)8-12(3,9-13)11-6-7-11/h10-11H,4-9H2,1-3H3. The van der Waals surface area contributed by atoms with Gasteiger partial charge in [-0.1, -0.05) is 33.6 Å². The van der Waals surface area contributed by atoms with Crippen LogP contribution in [0.1, 0.15) is 52.9 Å². The van der Waals surface area contributed by atoms with Gasteiger partial charge in [-0.15, -0.1) is 11.6 Å². The minimum absolute atomic E-state index is 0.441. The molecule has 0 aromatic carbocycles. The van der Waals surface area contributed by atoms with Crippen LogP contribution in [0, 0.1) is 17.3 Å². The lowest BCUT2D eigenvalue weighted by atomic mass is 9.78. The van der Waals surface area contributed by atoms with Crippen molar-refractivity contribution in [3.8, 4) is 0 Å². The summed E-state index contributed by atoms with van der Waals surface area (Å²) in [6.45, 7) is 7.02. The maximum atomic E-state index is 6.09. The van der Waals surface area contributed by atoms with E-state index in [0.717, 1.165) is 17.7 Å². The Labute approximate surface area is 88.1 Å². The van der Waals surface area contributed by atoms with E-state index in [1.165, 1.54) is 32.1 Å². The number of halogens is 1. The monoisotopic (exact) mass is 202 g/mol. The molecule has 1 rings (SSSR count). The Balaban J connectivity index is 2.37. The molecule has 0 aliphatic heterocycles. The van der Waals surface area contributed by atoms with Crippen molar-refractivity contribution in [3.05, 3.63) is 0 Å². The third kappa shape index (κ3) is 3.16.